The SMILES string of the molecule is c1ccc(-c2ccc3cc[nH]c3c2)nc1. The van der Waals surface area contributed by atoms with E-state index in [-0.39, 0.29) is 0 Å². The number of H-pyrrole nitrogens is 1. The van der Waals surface area contributed by atoms with Crippen LogP contribution in [-0.4, -0.2) is 9.97 Å². The highest BCUT2D eigenvalue weighted by Gasteiger charge is 1.99. The second kappa shape index (κ2) is 3.24. The molecule has 0 bridgehead atoms. The lowest BCUT2D eigenvalue weighted by atomic mass is 10.1. The second-order valence-electron chi connectivity index (χ2n) is 3.49. The molecule has 0 aliphatic carbocycles. The molecule has 1 aromatic carbocycles. The number of pyridine rings is 1. The van der Waals surface area contributed by atoms with Crippen molar-refractivity contribution in [2.75, 3.05) is 0 Å². The van der Waals surface area contributed by atoms with Gasteiger partial charge in [-0.1, -0.05) is 18.2 Å². The van der Waals surface area contributed by atoms with E-state index < -0.39 is 0 Å². The Morgan fingerprint density at radius 2 is 2.00 bits per heavy atom. The molecule has 3 rings (SSSR count). The molecule has 0 amide bonds. The fourth-order valence-corrected chi connectivity index (χ4v) is 1.74. The summed E-state index contributed by atoms with van der Waals surface area (Å²) in [4.78, 5) is 7.53. The van der Waals surface area contributed by atoms with E-state index in [0.717, 1.165) is 16.8 Å². The van der Waals surface area contributed by atoms with Gasteiger partial charge in [0.25, 0.3) is 0 Å². The number of hydrogen-bond acceptors (Lipinski definition) is 1. The fourth-order valence-electron chi connectivity index (χ4n) is 1.74. The van der Waals surface area contributed by atoms with E-state index >= 15 is 0 Å². The largest absolute Gasteiger partial charge is 0.361 e. The van der Waals surface area contributed by atoms with Gasteiger partial charge in [0.05, 0.1) is 5.69 Å². The Balaban J connectivity index is 2.19. The average molecular weight is 194 g/mol. The first-order valence-corrected chi connectivity index (χ1v) is 4.92. The summed E-state index contributed by atoms with van der Waals surface area (Å²) in [6.45, 7) is 0. The topological polar surface area (TPSA) is 28.7 Å². The maximum atomic E-state index is 4.33. The zero-order valence-corrected chi connectivity index (χ0v) is 8.14. The molecule has 0 radical (unpaired) electrons. The van der Waals surface area contributed by atoms with Gasteiger partial charge in [0.15, 0.2) is 0 Å². The zero-order chi connectivity index (χ0) is 10.1. The Kier molecular flexibility index (Phi) is 1.78. The van der Waals surface area contributed by atoms with Crippen molar-refractivity contribution in [2.24, 2.45) is 0 Å². The minimum atomic E-state index is 1.01. The Morgan fingerprint density at radius 3 is 2.87 bits per heavy atom. The molecule has 0 saturated carbocycles. The van der Waals surface area contributed by atoms with E-state index in [4.69, 9.17) is 0 Å². The molecule has 0 atom stereocenters. The summed E-state index contributed by atoms with van der Waals surface area (Å²) in [7, 11) is 0. The summed E-state index contributed by atoms with van der Waals surface area (Å²) in [5.41, 5.74) is 3.30. The van der Waals surface area contributed by atoms with Gasteiger partial charge in [0.2, 0.25) is 0 Å². The van der Waals surface area contributed by atoms with Crippen LogP contribution in [0, 0.1) is 0 Å². The van der Waals surface area contributed by atoms with Gasteiger partial charge in [0.1, 0.15) is 0 Å². The van der Waals surface area contributed by atoms with Crippen molar-refractivity contribution in [1.29, 1.82) is 0 Å². The number of fused-ring (bicyclic) bond motifs is 1. The summed E-state index contributed by atoms with van der Waals surface area (Å²) in [6, 6.07) is 14.3. The molecule has 0 aliphatic rings. The number of nitrogens with zero attached hydrogens (tertiary/aromatic N) is 1. The van der Waals surface area contributed by atoms with Crippen LogP contribution in [0.15, 0.2) is 54.9 Å². The molecule has 2 heteroatoms. The van der Waals surface area contributed by atoms with Crippen molar-refractivity contribution in [3.63, 3.8) is 0 Å². The Labute approximate surface area is 87.6 Å². The lowest BCUT2D eigenvalue weighted by molar-refractivity contribution is 1.33. The molecule has 2 aromatic heterocycles. The van der Waals surface area contributed by atoms with Crippen molar-refractivity contribution < 1.29 is 0 Å². The average Bonchev–Trinajstić information content (AvgIpc) is 2.77. The zero-order valence-electron chi connectivity index (χ0n) is 8.14. The Bertz CT molecular complexity index is 582. The quantitative estimate of drug-likeness (QED) is 0.633. The van der Waals surface area contributed by atoms with E-state index in [0.29, 0.717) is 0 Å². The van der Waals surface area contributed by atoms with E-state index in [1.165, 1.54) is 5.39 Å². The summed E-state index contributed by atoms with van der Waals surface area (Å²) in [6.07, 6.45) is 3.76. The predicted octanol–water partition coefficient (Wildman–Crippen LogP) is 3.23. The van der Waals surface area contributed by atoms with Crippen LogP contribution in [0.4, 0.5) is 0 Å². The maximum absolute atomic E-state index is 4.33. The van der Waals surface area contributed by atoms with E-state index in [9.17, 15) is 0 Å². The van der Waals surface area contributed by atoms with Gasteiger partial charge in [-0.3, -0.25) is 4.98 Å². The first-order chi connectivity index (χ1) is 7.43. The van der Waals surface area contributed by atoms with Crippen LogP contribution in [-0.2, 0) is 0 Å². The molecule has 0 aliphatic heterocycles. The highest BCUT2D eigenvalue weighted by Crippen LogP contribution is 2.21. The third-order valence-electron chi connectivity index (χ3n) is 2.52. The number of hydrogen-bond donors (Lipinski definition) is 1. The lowest BCUT2D eigenvalue weighted by Gasteiger charge is -1.99. The van der Waals surface area contributed by atoms with Gasteiger partial charge in [0, 0.05) is 23.5 Å². The van der Waals surface area contributed by atoms with E-state index in [1.54, 1.807) is 0 Å². The Morgan fingerprint density at radius 1 is 1.00 bits per heavy atom. The molecule has 0 fully saturated rings. The maximum Gasteiger partial charge on any atom is 0.0702 e. The third-order valence-corrected chi connectivity index (χ3v) is 2.52. The normalized spacial score (nSPS) is 10.7. The third kappa shape index (κ3) is 1.40. The molecule has 72 valence electrons. The highest BCUT2D eigenvalue weighted by molar-refractivity contribution is 5.84. The summed E-state index contributed by atoms with van der Waals surface area (Å²) in [5.74, 6) is 0. The molecule has 1 N–H and O–H groups in total. The molecule has 0 spiro atoms. The number of aromatic nitrogens is 2. The van der Waals surface area contributed by atoms with E-state index in [2.05, 4.69) is 34.2 Å². The van der Waals surface area contributed by atoms with Crippen molar-refractivity contribution in [1.82, 2.24) is 9.97 Å². The van der Waals surface area contributed by atoms with E-state index in [1.807, 2.05) is 30.6 Å². The lowest BCUT2D eigenvalue weighted by Crippen LogP contribution is -1.81. The van der Waals surface area contributed by atoms with Gasteiger partial charge in [-0.2, -0.15) is 0 Å². The molecule has 15 heavy (non-hydrogen) atoms. The molecule has 0 unspecified atom stereocenters. The predicted molar refractivity (Wildman–Crippen MR) is 61.5 cm³/mol. The van der Waals surface area contributed by atoms with Gasteiger partial charge in [-0.25, -0.2) is 0 Å². The van der Waals surface area contributed by atoms with Crippen LogP contribution in [0.5, 0.6) is 0 Å². The molecule has 2 nitrogen and oxygen atoms in total. The standard InChI is InChI=1S/C13H10N2/c1-2-7-14-12(3-1)11-5-4-10-6-8-15-13(10)9-11/h1-9,15H. The molecule has 3 aromatic rings. The van der Waals surface area contributed by atoms with Crippen LogP contribution in [0.2, 0.25) is 0 Å². The minimum Gasteiger partial charge on any atom is -0.361 e. The fraction of sp³-hybridized carbons (Fsp3) is 0. The number of aromatic amines is 1. The van der Waals surface area contributed by atoms with Gasteiger partial charge >= 0.3 is 0 Å². The van der Waals surface area contributed by atoms with Crippen molar-refractivity contribution in [3.8, 4) is 11.3 Å². The smallest absolute Gasteiger partial charge is 0.0702 e. The van der Waals surface area contributed by atoms with Crippen LogP contribution < -0.4 is 0 Å². The second-order valence-corrected chi connectivity index (χ2v) is 3.49. The molecular formula is C13H10N2. The van der Waals surface area contributed by atoms with Gasteiger partial charge in [-0.15, -0.1) is 0 Å². The summed E-state index contributed by atoms with van der Waals surface area (Å²) < 4.78 is 0. The first kappa shape index (κ1) is 8.24. The summed E-state index contributed by atoms with van der Waals surface area (Å²) >= 11 is 0. The first-order valence-electron chi connectivity index (χ1n) is 4.92. The highest BCUT2D eigenvalue weighted by atomic mass is 14.7. The summed E-state index contributed by atoms with van der Waals surface area (Å²) in [5, 5.41) is 1.23. The van der Waals surface area contributed by atoms with Crippen LogP contribution in [0.25, 0.3) is 22.2 Å². The Hall–Kier alpha value is -2.09. The van der Waals surface area contributed by atoms with Crippen LogP contribution in [0.1, 0.15) is 0 Å². The van der Waals surface area contributed by atoms with Crippen molar-refractivity contribution >= 4 is 10.9 Å². The molecule has 2 heterocycles. The monoisotopic (exact) mass is 194 g/mol. The van der Waals surface area contributed by atoms with Gasteiger partial charge in [-0.05, 0) is 29.7 Å². The molecule has 0 saturated heterocycles. The number of rotatable bonds is 1. The number of nitrogens with one attached hydrogen (secondary N) is 1. The molecular weight excluding hydrogens is 184 g/mol. The van der Waals surface area contributed by atoms with Crippen molar-refractivity contribution in [2.45, 2.75) is 0 Å². The van der Waals surface area contributed by atoms with Crippen molar-refractivity contribution in [3.05, 3.63) is 54.9 Å². The van der Waals surface area contributed by atoms with Crippen LogP contribution in [0.3, 0.4) is 0 Å². The van der Waals surface area contributed by atoms with Gasteiger partial charge < -0.3 is 4.98 Å². The van der Waals surface area contributed by atoms with Crippen LogP contribution >= 0.6 is 0 Å². The minimum absolute atomic E-state index is 1.01. The number of benzene rings is 1.